The van der Waals surface area contributed by atoms with Gasteiger partial charge < -0.3 is 15.2 Å². The number of unbranched alkanes of at least 4 members (excludes halogenated alkanes) is 14. The molecular weight excluding hydrogens is 454 g/mol. The number of carbonyl (C=O) groups excluding carboxylic acids is 1. The molecule has 2 N–H and O–H groups in total. The molecule has 35 heavy (non-hydrogen) atoms. The van der Waals surface area contributed by atoms with E-state index in [0.29, 0.717) is 6.42 Å². The molecule has 0 aliphatic carbocycles. The molecule has 0 radical (unpaired) electrons. The maximum absolute atomic E-state index is 12.4. The molecule has 1 amide bonds. The number of benzene rings is 1. The van der Waals surface area contributed by atoms with Gasteiger partial charge in [-0.25, -0.2) is 0 Å². The molecule has 0 unspecified atom stereocenters. The number of amides is 1. The number of rotatable bonds is 23. The Balaban J connectivity index is 2.04. The Kier molecular flexibility index (Phi) is 21.0. The Hall–Kier alpha value is -1.30. The lowest BCUT2D eigenvalue weighted by Crippen LogP contribution is -2.45. The van der Waals surface area contributed by atoms with Gasteiger partial charge in [-0.3, -0.25) is 4.79 Å². The number of thioether (sulfide) groups is 1. The zero-order valence-corrected chi connectivity index (χ0v) is 23.2. The smallest absolute Gasteiger partial charge is 0.220 e. The molecule has 1 aromatic rings. The standard InChI is InChI=1S/C30H51NO3S/c1-3-4-5-6-7-8-9-10-11-12-13-14-15-16-20-23-30(33)31-28(26-34-2)29(32)24-25-35-27-21-18-17-19-22-27/h17-19,21-22,24-25,28-29,32H,3-16,20,23,26H2,1-2H3,(H,31,33)/b25-24+/t28-,29+/m0/s1. The number of carbonyl (C=O) groups is 1. The van der Waals surface area contributed by atoms with Crippen LogP contribution in [-0.2, 0) is 9.53 Å². The second kappa shape index (κ2) is 23.1. The summed E-state index contributed by atoms with van der Waals surface area (Å²) in [6, 6.07) is 9.56. The predicted octanol–water partition coefficient (Wildman–Crippen LogP) is 8.05. The molecule has 0 aliphatic heterocycles. The Bertz CT molecular complexity index is 638. The van der Waals surface area contributed by atoms with Crippen LogP contribution in [0.3, 0.4) is 0 Å². The van der Waals surface area contributed by atoms with E-state index >= 15 is 0 Å². The molecule has 0 fully saturated rings. The molecule has 1 aromatic carbocycles. The normalized spacial score (nSPS) is 13.2. The van der Waals surface area contributed by atoms with Crippen molar-refractivity contribution < 1.29 is 14.6 Å². The highest BCUT2D eigenvalue weighted by molar-refractivity contribution is 8.02. The SMILES string of the molecule is CCCCCCCCCCCCCCCCCC(=O)N[C@@H](COC)[C@H](O)/C=C/Sc1ccccc1. The Morgan fingerprint density at radius 3 is 1.91 bits per heavy atom. The summed E-state index contributed by atoms with van der Waals surface area (Å²) in [7, 11) is 1.59. The number of hydrogen-bond acceptors (Lipinski definition) is 4. The summed E-state index contributed by atoms with van der Waals surface area (Å²) in [6.07, 6.45) is 21.2. The maximum atomic E-state index is 12.4. The van der Waals surface area contributed by atoms with Crippen molar-refractivity contribution in [2.45, 2.75) is 127 Å². The van der Waals surface area contributed by atoms with E-state index in [4.69, 9.17) is 4.74 Å². The number of hydrogen-bond donors (Lipinski definition) is 2. The van der Waals surface area contributed by atoms with Crippen molar-refractivity contribution in [3.8, 4) is 0 Å². The maximum Gasteiger partial charge on any atom is 0.220 e. The first-order valence-corrected chi connectivity index (χ1v) is 14.9. The Morgan fingerprint density at radius 1 is 0.886 bits per heavy atom. The molecule has 0 saturated carbocycles. The van der Waals surface area contributed by atoms with E-state index in [9.17, 15) is 9.90 Å². The topological polar surface area (TPSA) is 58.6 Å². The Labute approximate surface area is 219 Å². The summed E-state index contributed by atoms with van der Waals surface area (Å²) in [4.78, 5) is 13.5. The first kappa shape index (κ1) is 31.7. The van der Waals surface area contributed by atoms with Crippen molar-refractivity contribution in [1.29, 1.82) is 0 Å². The third-order valence-corrected chi connectivity index (χ3v) is 7.17. The third-order valence-electron chi connectivity index (χ3n) is 6.34. The van der Waals surface area contributed by atoms with Crippen LogP contribution in [0.15, 0.2) is 46.7 Å². The van der Waals surface area contributed by atoms with Crippen LogP contribution in [0.1, 0.15) is 110 Å². The van der Waals surface area contributed by atoms with Crippen LogP contribution >= 0.6 is 11.8 Å². The van der Waals surface area contributed by atoms with Gasteiger partial charge in [-0.1, -0.05) is 127 Å². The fraction of sp³-hybridized carbons (Fsp3) is 0.700. The lowest BCUT2D eigenvalue weighted by Gasteiger charge is -2.21. The zero-order chi connectivity index (χ0) is 25.4. The summed E-state index contributed by atoms with van der Waals surface area (Å²) in [5.41, 5.74) is 0. The second-order valence-corrected chi connectivity index (χ2v) is 10.6. The van der Waals surface area contributed by atoms with E-state index in [1.807, 2.05) is 35.7 Å². The molecule has 0 spiro atoms. The van der Waals surface area contributed by atoms with Gasteiger partial charge >= 0.3 is 0 Å². The molecule has 0 heterocycles. The number of nitrogens with one attached hydrogen (secondary N) is 1. The van der Waals surface area contributed by atoms with Crippen molar-refractivity contribution in [1.82, 2.24) is 5.32 Å². The number of ether oxygens (including phenoxy) is 1. The van der Waals surface area contributed by atoms with Crippen LogP contribution in [0.5, 0.6) is 0 Å². The number of methoxy groups -OCH3 is 1. The predicted molar refractivity (Wildman–Crippen MR) is 151 cm³/mol. The average molecular weight is 506 g/mol. The minimum atomic E-state index is -0.781. The van der Waals surface area contributed by atoms with Gasteiger partial charge in [-0.15, -0.1) is 0 Å². The molecular formula is C30H51NO3S. The van der Waals surface area contributed by atoms with Gasteiger partial charge in [0.15, 0.2) is 0 Å². The summed E-state index contributed by atoms with van der Waals surface area (Å²) >= 11 is 1.54. The van der Waals surface area contributed by atoms with Gasteiger partial charge in [-0.2, -0.15) is 0 Å². The highest BCUT2D eigenvalue weighted by atomic mass is 32.2. The van der Waals surface area contributed by atoms with E-state index in [-0.39, 0.29) is 12.5 Å². The molecule has 1 rings (SSSR count). The average Bonchev–Trinajstić information content (AvgIpc) is 2.86. The van der Waals surface area contributed by atoms with Crippen molar-refractivity contribution >= 4 is 17.7 Å². The van der Waals surface area contributed by atoms with Crippen LogP contribution in [0.25, 0.3) is 0 Å². The zero-order valence-electron chi connectivity index (χ0n) is 22.4. The lowest BCUT2D eigenvalue weighted by atomic mass is 10.0. The van der Waals surface area contributed by atoms with Crippen molar-refractivity contribution in [2.24, 2.45) is 0 Å². The van der Waals surface area contributed by atoms with E-state index in [1.54, 1.807) is 24.9 Å². The monoisotopic (exact) mass is 505 g/mol. The molecule has 0 saturated heterocycles. The fourth-order valence-electron chi connectivity index (χ4n) is 4.17. The first-order valence-electron chi connectivity index (χ1n) is 14.0. The number of aliphatic hydroxyl groups excluding tert-OH is 1. The molecule has 4 nitrogen and oxygen atoms in total. The van der Waals surface area contributed by atoms with Gasteiger partial charge in [0.1, 0.15) is 0 Å². The summed E-state index contributed by atoms with van der Waals surface area (Å²) in [5, 5.41) is 15.3. The highest BCUT2D eigenvalue weighted by Crippen LogP contribution is 2.19. The third kappa shape index (κ3) is 18.6. The van der Waals surface area contributed by atoms with Gasteiger partial charge in [-0.05, 0) is 30.0 Å². The van der Waals surface area contributed by atoms with Gasteiger partial charge in [0, 0.05) is 18.4 Å². The van der Waals surface area contributed by atoms with E-state index in [0.717, 1.165) is 17.7 Å². The Morgan fingerprint density at radius 2 is 1.40 bits per heavy atom. The quantitative estimate of drug-likeness (QED) is 0.117. The van der Waals surface area contributed by atoms with Crippen LogP contribution in [0.2, 0.25) is 0 Å². The molecule has 0 bridgehead atoms. The van der Waals surface area contributed by atoms with Crippen LogP contribution in [-0.4, -0.2) is 36.9 Å². The fourth-order valence-corrected chi connectivity index (χ4v) is 4.88. The van der Waals surface area contributed by atoms with Crippen molar-refractivity contribution in [3.63, 3.8) is 0 Å². The molecule has 5 heteroatoms. The van der Waals surface area contributed by atoms with Gasteiger partial charge in [0.2, 0.25) is 5.91 Å². The first-order chi connectivity index (χ1) is 17.2. The molecule has 0 aromatic heterocycles. The van der Waals surface area contributed by atoms with Crippen molar-refractivity contribution in [3.05, 3.63) is 41.8 Å². The largest absolute Gasteiger partial charge is 0.387 e. The minimum absolute atomic E-state index is 0.00935. The summed E-state index contributed by atoms with van der Waals surface area (Å²) in [6.45, 7) is 2.56. The van der Waals surface area contributed by atoms with E-state index in [2.05, 4.69) is 12.2 Å². The van der Waals surface area contributed by atoms with E-state index in [1.165, 1.54) is 83.5 Å². The molecule has 200 valence electrons. The highest BCUT2D eigenvalue weighted by Gasteiger charge is 2.19. The summed E-state index contributed by atoms with van der Waals surface area (Å²) in [5.74, 6) is -0.00935. The molecule has 2 atom stereocenters. The van der Waals surface area contributed by atoms with Crippen LogP contribution in [0.4, 0.5) is 0 Å². The lowest BCUT2D eigenvalue weighted by molar-refractivity contribution is -0.123. The minimum Gasteiger partial charge on any atom is -0.387 e. The second-order valence-electron chi connectivity index (χ2n) is 9.58. The summed E-state index contributed by atoms with van der Waals surface area (Å²) < 4.78 is 5.21. The van der Waals surface area contributed by atoms with Crippen LogP contribution < -0.4 is 5.32 Å². The van der Waals surface area contributed by atoms with E-state index < -0.39 is 12.1 Å². The van der Waals surface area contributed by atoms with Crippen molar-refractivity contribution in [2.75, 3.05) is 13.7 Å². The van der Waals surface area contributed by atoms with Gasteiger partial charge in [0.05, 0.1) is 18.8 Å². The van der Waals surface area contributed by atoms with Gasteiger partial charge in [0.25, 0.3) is 0 Å². The van der Waals surface area contributed by atoms with Crippen LogP contribution in [0, 0.1) is 0 Å². The molecule has 0 aliphatic rings. The number of aliphatic hydroxyl groups is 1.